The van der Waals surface area contributed by atoms with Crippen LogP contribution in [-0.2, 0) is 27.9 Å². The molecule has 2 N–H and O–H groups in total. The van der Waals surface area contributed by atoms with Crippen molar-refractivity contribution in [2.45, 2.75) is 380 Å². The highest BCUT2D eigenvalue weighted by molar-refractivity contribution is 7.47. The maximum absolute atomic E-state index is 13.6. The van der Waals surface area contributed by atoms with E-state index in [9.17, 15) is 19.0 Å². The van der Waals surface area contributed by atoms with Crippen molar-refractivity contribution in [1.29, 1.82) is 0 Å². The third kappa shape index (κ3) is 62.8. The van der Waals surface area contributed by atoms with E-state index in [1.807, 2.05) is 33.3 Å². The molecule has 10 heteroatoms. The molecule has 0 radical (unpaired) electrons. The number of rotatable bonds is 66. The molecule has 3 atom stereocenters. The number of quaternary nitrogens is 1. The predicted molar refractivity (Wildman–Crippen MR) is 351 cm³/mol. The fourth-order valence-corrected chi connectivity index (χ4v) is 11.6. The average Bonchev–Trinajstić information content (AvgIpc) is 3.44. The number of phosphoric acid groups is 1. The maximum atomic E-state index is 13.6. The summed E-state index contributed by atoms with van der Waals surface area (Å²) < 4.78 is 30.8. The van der Waals surface area contributed by atoms with Gasteiger partial charge in [-0.3, -0.25) is 18.6 Å². The van der Waals surface area contributed by atoms with E-state index in [1.54, 1.807) is 0 Å². The minimum absolute atomic E-state index is 0.0441. The Bertz CT molecular complexity index is 1430. The second-order valence-electron chi connectivity index (χ2n) is 25.8. The summed E-state index contributed by atoms with van der Waals surface area (Å²) in [5.41, 5.74) is 0. The minimum atomic E-state index is -4.45. The van der Waals surface area contributed by atoms with Crippen LogP contribution >= 0.6 is 7.82 Å². The number of ether oxygens (including phenoxy) is 1. The monoisotopic (exact) mass is 1160 g/mol. The topological polar surface area (TPSA) is 111 Å². The third-order valence-electron chi connectivity index (χ3n) is 16.4. The molecule has 0 aliphatic heterocycles. The van der Waals surface area contributed by atoms with Crippen molar-refractivity contribution in [3.8, 4) is 0 Å². The number of allylic oxidation sites excluding steroid dienone is 3. The number of carbonyl (C=O) groups is 2. The molecule has 0 aromatic rings. The smallest absolute Gasteiger partial charge is 0.456 e. The van der Waals surface area contributed by atoms with E-state index in [2.05, 4.69) is 38.2 Å². The first-order valence-corrected chi connectivity index (χ1v) is 37.2. The normalized spacial score (nSPS) is 13.6. The van der Waals surface area contributed by atoms with Crippen LogP contribution in [0.25, 0.3) is 0 Å². The summed E-state index contributed by atoms with van der Waals surface area (Å²) in [6.07, 6.45) is 74.8. The zero-order chi connectivity index (χ0) is 59.3. The Morgan fingerprint density at radius 3 is 1.05 bits per heavy atom. The zero-order valence-electron chi connectivity index (χ0n) is 55.1. The summed E-state index contributed by atoms with van der Waals surface area (Å²) in [6, 6.07) is -0.843. The van der Waals surface area contributed by atoms with E-state index in [0.717, 1.165) is 57.8 Å². The Labute approximate surface area is 504 Å². The van der Waals surface area contributed by atoms with Gasteiger partial charge in [0.15, 0.2) is 0 Å². The Balaban J connectivity index is 5.00. The van der Waals surface area contributed by atoms with Crippen LogP contribution < -0.4 is 5.32 Å². The first-order valence-electron chi connectivity index (χ1n) is 35.7. The van der Waals surface area contributed by atoms with Gasteiger partial charge in [0, 0.05) is 12.8 Å². The summed E-state index contributed by atoms with van der Waals surface area (Å²) in [5, 5.41) is 3.07. The number of amides is 1. The van der Waals surface area contributed by atoms with Gasteiger partial charge in [0.25, 0.3) is 0 Å². The van der Waals surface area contributed by atoms with Gasteiger partial charge in [-0.05, 0) is 57.4 Å². The number of hydrogen-bond donors (Lipinski definition) is 2. The van der Waals surface area contributed by atoms with Crippen LogP contribution in [0.15, 0.2) is 24.3 Å². The van der Waals surface area contributed by atoms with Gasteiger partial charge >= 0.3 is 13.8 Å². The number of esters is 1. The summed E-state index contributed by atoms with van der Waals surface area (Å²) >= 11 is 0. The highest BCUT2D eigenvalue weighted by Gasteiger charge is 2.30. The molecule has 3 unspecified atom stereocenters. The molecule has 0 aromatic heterocycles. The number of nitrogens with one attached hydrogen (secondary N) is 1. The van der Waals surface area contributed by atoms with Crippen molar-refractivity contribution in [2.75, 3.05) is 40.9 Å². The molecule has 0 rings (SSSR count). The molecule has 0 bridgehead atoms. The third-order valence-corrected chi connectivity index (χ3v) is 17.4. The van der Waals surface area contributed by atoms with Gasteiger partial charge in [0.1, 0.15) is 19.3 Å². The summed E-state index contributed by atoms with van der Waals surface area (Å²) in [5.74, 6) is -0.484. The van der Waals surface area contributed by atoms with Gasteiger partial charge in [-0.25, -0.2) is 4.57 Å². The van der Waals surface area contributed by atoms with Crippen LogP contribution in [0.5, 0.6) is 0 Å². The van der Waals surface area contributed by atoms with Crippen LogP contribution in [0, 0.1) is 0 Å². The molecule has 0 saturated heterocycles. The Morgan fingerprint density at radius 2 is 0.716 bits per heavy atom. The minimum Gasteiger partial charge on any atom is -0.456 e. The van der Waals surface area contributed by atoms with Crippen LogP contribution in [0.1, 0.15) is 367 Å². The summed E-state index contributed by atoms with van der Waals surface area (Å²) in [4.78, 5) is 37.9. The lowest BCUT2D eigenvalue weighted by molar-refractivity contribution is -0.870. The fourth-order valence-electron chi connectivity index (χ4n) is 10.9. The lowest BCUT2D eigenvalue weighted by atomic mass is 10.0. The van der Waals surface area contributed by atoms with Gasteiger partial charge in [-0.15, -0.1) is 0 Å². The molecule has 480 valence electrons. The van der Waals surface area contributed by atoms with E-state index in [4.69, 9.17) is 13.8 Å². The van der Waals surface area contributed by atoms with Gasteiger partial charge in [-0.2, -0.15) is 0 Å². The molecule has 0 fully saturated rings. The maximum Gasteiger partial charge on any atom is 0.472 e. The predicted octanol–water partition coefficient (Wildman–Crippen LogP) is 22.5. The molecular weight excluding hydrogens is 1020 g/mol. The van der Waals surface area contributed by atoms with Crippen molar-refractivity contribution in [3.05, 3.63) is 24.3 Å². The SMILES string of the molecule is CCCCCCCC/C=C/CCCCCCCCCCCCCC(=O)NC(COP(=O)(O)OCC[N+](C)(C)C)C(/C=C/CCCCCCCCCCC)OC(=O)CCCCCCCCCCCCCCCCCCCCCCCCC. The lowest BCUT2D eigenvalue weighted by Crippen LogP contribution is -2.47. The molecule has 0 heterocycles. The average molecular weight is 1160 g/mol. The van der Waals surface area contributed by atoms with Gasteiger partial charge < -0.3 is 19.4 Å². The summed E-state index contributed by atoms with van der Waals surface area (Å²) in [7, 11) is 1.52. The van der Waals surface area contributed by atoms with Crippen LogP contribution in [0.2, 0.25) is 0 Å². The zero-order valence-corrected chi connectivity index (χ0v) is 56.0. The second-order valence-corrected chi connectivity index (χ2v) is 27.2. The number of likely N-dealkylation sites (N-methyl/N-ethyl adjacent to an activating group) is 1. The Kier molecular flexibility index (Phi) is 60.4. The molecule has 0 aromatic carbocycles. The van der Waals surface area contributed by atoms with E-state index >= 15 is 0 Å². The molecule has 0 spiro atoms. The van der Waals surface area contributed by atoms with Gasteiger partial charge in [0.05, 0.1) is 33.8 Å². The van der Waals surface area contributed by atoms with Crippen LogP contribution in [-0.4, -0.2) is 74.3 Å². The van der Waals surface area contributed by atoms with Crippen molar-refractivity contribution < 1.29 is 37.3 Å². The van der Waals surface area contributed by atoms with Crippen molar-refractivity contribution in [3.63, 3.8) is 0 Å². The van der Waals surface area contributed by atoms with Crippen LogP contribution in [0.4, 0.5) is 0 Å². The summed E-state index contributed by atoms with van der Waals surface area (Å²) in [6.45, 7) is 7.07. The fraction of sp³-hybridized carbons (Fsp3) is 0.915. The molecule has 81 heavy (non-hydrogen) atoms. The number of hydrogen-bond acceptors (Lipinski definition) is 6. The van der Waals surface area contributed by atoms with E-state index < -0.39 is 20.0 Å². The molecular formula is C71H140N2O7P+. The number of unbranched alkanes of at least 4 members (excludes halogenated alkanes) is 48. The Hall–Kier alpha value is -1.51. The lowest BCUT2D eigenvalue weighted by Gasteiger charge is -2.27. The standard InChI is InChI=1S/C71H139N2O7P/c1-7-10-13-16-19-22-25-27-29-31-33-35-36-38-40-42-44-46-49-52-55-58-61-64-71(75)80-69(62-59-56-53-50-47-24-21-18-15-12-9-3)68(67-79-81(76,77)78-66-65-73(4,5)6)72-70(74)63-60-57-54-51-48-45-43-41-39-37-34-32-30-28-26-23-20-17-14-11-8-2/h28,30,59,62,68-69H,7-27,29,31-58,60-61,63-67H2,1-6H3,(H-,72,74,76,77)/p+1/b30-28+,62-59+. The largest absolute Gasteiger partial charge is 0.472 e. The van der Waals surface area contributed by atoms with E-state index in [1.165, 1.54) is 276 Å². The highest BCUT2D eigenvalue weighted by atomic mass is 31.2. The molecule has 0 aliphatic rings. The molecule has 9 nitrogen and oxygen atoms in total. The highest BCUT2D eigenvalue weighted by Crippen LogP contribution is 2.43. The van der Waals surface area contributed by atoms with Gasteiger partial charge in [-0.1, -0.05) is 322 Å². The second kappa shape index (κ2) is 61.6. The van der Waals surface area contributed by atoms with E-state index in [0.29, 0.717) is 23.9 Å². The van der Waals surface area contributed by atoms with Crippen LogP contribution in [0.3, 0.4) is 0 Å². The van der Waals surface area contributed by atoms with Crippen molar-refractivity contribution in [2.24, 2.45) is 0 Å². The number of carbonyl (C=O) groups excluding carboxylic acids is 2. The molecule has 1 amide bonds. The first kappa shape index (κ1) is 79.5. The first-order chi connectivity index (χ1) is 39.4. The number of nitrogens with zero attached hydrogens (tertiary/aromatic N) is 1. The molecule has 0 saturated carbocycles. The van der Waals surface area contributed by atoms with Crippen molar-refractivity contribution >= 4 is 19.7 Å². The molecule has 0 aliphatic carbocycles. The number of phosphoric ester groups is 1. The van der Waals surface area contributed by atoms with Crippen molar-refractivity contribution in [1.82, 2.24) is 5.32 Å². The Morgan fingerprint density at radius 1 is 0.420 bits per heavy atom. The van der Waals surface area contributed by atoms with Gasteiger partial charge in [0.2, 0.25) is 5.91 Å². The van der Waals surface area contributed by atoms with E-state index in [-0.39, 0.29) is 25.1 Å². The quantitative estimate of drug-likeness (QED) is 0.0205.